The molecule has 0 N–H and O–H groups in total. The maximum atomic E-state index is 12.4. The van der Waals surface area contributed by atoms with E-state index in [1.54, 1.807) is 0 Å². The monoisotopic (exact) mass is 342 g/mol. The molecule has 1 aromatic heterocycles. The Labute approximate surface area is 145 Å². The molecule has 4 rings (SSSR count). The third-order valence-electron chi connectivity index (χ3n) is 5.06. The minimum absolute atomic E-state index is 0.00875. The van der Waals surface area contributed by atoms with Gasteiger partial charge in [-0.1, -0.05) is 0 Å². The van der Waals surface area contributed by atoms with Crippen molar-refractivity contribution in [2.45, 2.75) is 58.5 Å². The van der Waals surface area contributed by atoms with Gasteiger partial charge in [0.05, 0.1) is 5.39 Å². The number of Topliss-reactive ketones (excluding diaryl/α,β-unsaturated/α-hetero) is 1. The van der Waals surface area contributed by atoms with Gasteiger partial charge < -0.3 is 13.9 Å². The quantitative estimate of drug-likeness (QED) is 0.800. The van der Waals surface area contributed by atoms with Gasteiger partial charge in [0, 0.05) is 17.2 Å². The van der Waals surface area contributed by atoms with Crippen LogP contribution in [0.1, 0.15) is 50.3 Å². The number of aryl methyl sites for hydroxylation is 2. The molecule has 5 nitrogen and oxygen atoms in total. The van der Waals surface area contributed by atoms with Crippen molar-refractivity contribution in [1.82, 2.24) is 0 Å². The van der Waals surface area contributed by atoms with E-state index in [0.29, 0.717) is 17.1 Å². The summed E-state index contributed by atoms with van der Waals surface area (Å²) in [5.74, 6) is 1.20. The molecule has 0 spiro atoms. The fourth-order valence-corrected chi connectivity index (χ4v) is 3.85. The van der Waals surface area contributed by atoms with E-state index < -0.39 is 0 Å². The Morgan fingerprint density at radius 3 is 2.72 bits per heavy atom. The summed E-state index contributed by atoms with van der Waals surface area (Å²) in [6.07, 6.45) is 4.14. The summed E-state index contributed by atoms with van der Waals surface area (Å²) in [7, 11) is 0. The third-order valence-corrected chi connectivity index (χ3v) is 5.06. The maximum absolute atomic E-state index is 12.4. The van der Waals surface area contributed by atoms with Crippen molar-refractivity contribution >= 4 is 16.8 Å². The maximum Gasteiger partial charge on any atom is 0.339 e. The van der Waals surface area contributed by atoms with E-state index in [2.05, 4.69) is 0 Å². The summed E-state index contributed by atoms with van der Waals surface area (Å²) in [4.78, 5) is 23.8. The van der Waals surface area contributed by atoms with Gasteiger partial charge in [-0.15, -0.1) is 0 Å². The first-order chi connectivity index (χ1) is 11.9. The number of rotatable bonds is 3. The summed E-state index contributed by atoms with van der Waals surface area (Å²) in [6.45, 7) is 5.56. The average molecular weight is 342 g/mol. The fraction of sp³-hybridized carbons (Fsp3) is 0.500. The zero-order valence-electron chi connectivity index (χ0n) is 14.9. The van der Waals surface area contributed by atoms with Gasteiger partial charge in [0.1, 0.15) is 29.3 Å². The van der Waals surface area contributed by atoms with Crippen LogP contribution < -0.4 is 15.1 Å². The smallest absolute Gasteiger partial charge is 0.339 e. The van der Waals surface area contributed by atoms with Crippen molar-refractivity contribution in [2.75, 3.05) is 6.61 Å². The first-order valence-electron chi connectivity index (χ1n) is 8.81. The molecule has 0 atom stereocenters. The molecular weight excluding hydrogens is 320 g/mol. The Morgan fingerprint density at radius 2 is 1.96 bits per heavy atom. The highest BCUT2D eigenvalue weighted by molar-refractivity contribution is 5.93. The van der Waals surface area contributed by atoms with Crippen LogP contribution in [0.25, 0.3) is 11.0 Å². The lowest BCUT2D eigenvalue weighted by Crippen LogP contribution is -2.32. The average Bonchev–Trinajstić information content (AvgIpc) is 3.01. The highest BCUT2D eigenvalue weighted by atomic mass is 16.5. The van der Waals surface area contributed by atoms with Gasteiger partial charge in [0.2, 0.25) is 0 Å². The van der Waals surface area contributed by atoms with Crippen LogP contribution in [0.4, 0.5) is 0 Å². The van der Waals surface area contributed by atoms with Crippen LogP contribution in [0, 0.1) is 0 Å². The largest absolute Gasteiger partial charge is 0.487 e. The summed E-state index contributed by atoms with van der Waals surface area (Å²) < 4.78 is 17.6. The van der Waals surface area contributed by atoms with E-state index in [1.165, 1.54) is 6.92 Å². The highest BCUT2D eigenvalue weighted by Gasteiger charge is 2.32. The van der Waals surface area contributed by atoms with E-state index in [1.807, 2.05) is 19.9 Å². The van der Waals surface area contributed by atoms with Crippen molar-refractivity contribution < 1.29 is 18.7 Å². The molecule has 0 radical (unpaired) electrons. The van der Waals surface area contributed by atoms with Crippen molar-refractivity contribution in [1.29, 1.82) is 0 Å². The van der Waals surface area contributed by atoms with Crippen molar-refractivity contribution in [3.63, 3.8) is 0 Å². The molecule has 1 aromatic carbocycles. The lowest BCUT2D eigenvalue weighted by atomic mass is 9.91. The van der Waals surface area contributed by atoms with Crippen LogP contribution in [0.2, 0.25) is 0 Å². The highest BCUT2D eigenvalue weighted by Crippen LogP contribution is 2.44. The topological polar surface area (TPSA) is 65.7 Å². The first kappa shape index (κ1) is 16.2. The molecule has 0 amide bonds. The lowest BCUT2D eigenvalue weighted by Gasteiger charge is -2.33. The number of fused-ring (bicyclic) bond motifs is 5. The van der Waals surface area contributed by atoms with Gasteiger partial charge in [-0.25, -0.2) is 4.79 Å². The van der Waals surface area contributed by atoms with Crippen LogP contribution in [0.15, 0.2) is 15.3 Å². The minimum atomic E-state index is -0.282. The number of hydrogen-bond acceptors (Lipinski definition) is 5. The lowest BCUT2D eigenvalue weighted by molar-refractivity contribution is -0.118. The van der Waals surface area contributed by atoms with Crippen molar-refractivity contribution in [3.8, 4) is 11.5 Å². The zero-order valence-corrected chi connectivity index (χ0v) is 14.9. The second-order valence-corrected chi connectivity index (χ2v) is 7.61. The van der Waals surface area contributed by atoms with E-state index >= 15 is 0 Å². The van der Waals surface area contributed by atoms with Gasteiger partial charge in [0.25, 0.3) is 0 Å². The van der Waals surface area contributed by atoms with Crippen LogP contribution in [-0.2, 0) is 24.1 Å². The fourth-order valence-electron chi connectivity index (χ4n) is 3.85. The van der Waals surface area contributed by atoms with Gasteiger partial charge in [-0.3, -0.25) is 4.79 Å². The van der Waals surface area contributed by atoms with E-state index in [0.717, 1.165) is 54.2 Å². The van der Waals surface area contributed by atoms with Gasteiger partial charge in [-0.05, 0) is 58.4 Å². The van der Waals surface area contributed by atoms with Crippen molar-refractivity contribution in [3.05, 3.63) is 33.2 Å². The number of benzene rings is 1. The SMILES string of the molecule is CC(=O)COc1cc2c(c3oc(=O)c4c(c13)CCC4)CCC(C)(C)O2. The Hall–Kier alpha value is -2.30. The molecule has 2 aliphatic rings. The minimum Gasteiger partial charge on any atom is -0.487 e. The molecule has 5 heteroatoms. The van der Waals surface area contributed by atoms with Crippen molar-refractivity contribution in [2.24, 2.45) is 0 Å². The van der Waals surface area contributed by atoms with Gasteiger partial charge >= 0.3 is 5.63 Å². The predicted molar refractivity (Wildman–Crippen MR) is 93.7 cm³/mol. The third kappa shape index (κ3) is 2.71. The standard InChI is InChI=1S/C20H22O5/c1-11(21)10-23-16-9-15-14(7-8-20(2,3)25-15)18-17(16)12-5-4-6-13(12)19(22)24-18/h9H,4-8,10H2,1-3H3. The molecule has 132 valence electrons. The van der Waals surface area contributed by atoms with E-state index in [4.69, 9.17) is 13.9 Å². The zero-order chi connectivity index (χ0) is 17.8. The summed E-state index contributed by atoms with van der Waals surface area (Å²) in [5.41, 5.74) is 2.72. The molecule has 0 bridgehead atoms. The second kappa shape index (κ2) is 5.61. The molecule has 2 heterocycles. The first-order valence-corrected chi connectivity index (χ1v) is 8.81. The van der Waals surface area contributed by atoms with E-state index in [9.17, 15) is 9.59 Å². The number of ketones is 1. The normalized spacial score (nSPS) is 17.7. The number of carbonyl (C=O) groups excluding carboxylic acids is 1. The molecule has 2 aromatic rings. The Morgan fingerprint density at radius 1 is 1.20 bits per heavy atom. The Balaban J connectivity index is 1.99. The molecular formula is C20H22O5. The second-order valence-electron chi connectivity index (χ2n) is 7.61. The molecule has 0 unspecified atom stereocenters. The van der Waals surface area contributed by atoms with E-state index in [-0.39, 0.29) is 23.6 Å². The Bertz CT molecular complexity index is 935. The number of hydrogen-bond donors (Lipinski definition) is 0. The molecule has 1 aliphatic heterocycles. The molecule has 0 saturated heterocycles. The molecule has 0 saturated carbocycles. The summed E-state index contributed by atoms with van der Waals surface area (Å²) >= 11 is 0. The van der Waals surface area contributed by atoms with Crippen LogP contribution in [-0.4, -0.2) is 18.0 Å². The van der Waals surface area contributed by atoms with Gasteiger partial charge in [0.15, 0.2) is 5.78 Å². The van der Waals surface area contributed by atoms with Crippen LogP contribution in [0.3, 0.4) is 0 Å². The van der Waals surface area contributed by atoms with Crippen LogP contribution >= 0.6 is 0 Å². The molecule has 0 fully saturated rings. The number of ether oxygens (including phenoxy) is 2. The molecule has 1 aliphatic carbocycles. The summed E-state index contributed by atoms with van der Waals surface area (Å²) in [6, 6.07) is 1.86. The summed E-state index contributed by atoms with van der Waals surface area (Å²) in [5, 5.41) is 0.843. The predicted octanol–water partition coefficient (Wildman–Crippen LogP) is 3.35. The Kier molecular flexibility index (Phi) is 3.63. The van der Waals surface area contributed by atoms with Crippen LogP contribution in [0.5, 0.6) is 11.5 Å². The molecule has 25 heavy (non-hydrogen) atoms. The van der Waals surface area contributed by atoms with Gasteiger partial charge in [-0.2, -0.15) is 0 Å². The number of carbonyl (C=O) groups is 1.